The topological polar surface area (TPSA) is 41.4 Å². The van der Waals surface area contributed by atoms with Crippen molar-refractivity contribution in [2.75, 3.05) is 33.2 Å². The van der Waals surface area contributed by atoms with Gasteiger partial charge in [0.1, 0.15) is 0 Å². The molecule has 1 saturated heterocycles. The third-order valence-corrected chi connectivity index (χ3v) is 4.76. The number of hydrogen-bond donors (Lipinski definition) is 0. The van der Waals surface area contributed by atoms with Crippen molar-refractivity contribution in [3.05, 3.63) is 41.6 Å². The second-order valence-corrected chi connectivity index (χ2v) is 6.91. The van der Waals surface area contributed by atoms with Crippen molar-refractivity contribution in [1.29, 1.82) is 0 Å². The highest BCUT2D eigenvalue weighted by Crippen LogP contribution is 2.23. The number of amides is 1. The zero-order chi connectivity index (χ0) is 17.3. The van der Waals surface area contributed by atoms with Gasteiger partial charge in [0.25, 0.3) is 5.91 Å². The normalized spacial score (nSPS) is 16.0. The Hall–Kier alpha value is -2.14. The van der Waals surface area contributed by atoms with Crippen molar-refractivity contribution in [3.63, 3.8) is 0 Å². The first-order valence-corrected chi connectivity index (χ1v) is 8.58. The van der Waals surface area contributed by atoms with Crippen molar-refractivity contribution < 1.29 is 4.79 Å². The van der Waals surface area contributed by atoms with Crippen molar-refractivity contribution >= 4 is 5.91 Å². The quantitative estimate of drug-likeness (QED) is 0.870. The largest absolute Gasteiger partial charge is 0.335 e. The highest BCUT2D eigenvalue weighted by atomic mass is 16.2. The second-order valence-electron chi connectivity index (χ2n) is 6.91. The number of rotatable bonds is 3. The standard InChI is InChI=1S/C19H26N4O/c1-14(2)15-5-7-16(8-6-15)18-13-17(20-22(18)4)19(24)23-11-9-21(3)10-12-23/h5-8,13-14H,9-12H2,1-4H3. The van der Waals surface area contributed by atoms with Crippen LogP contribution in [0.5, 0.6) is 0 Å². The van der Waals surface area contributed by atoms with Gasteiger partial charge in [-0.1, -0.05) is 38.1 Å². The minimum Gasteiger partial charge on any atom is -0.335 e. The van der Waals surface area contributed by atoms with Gasteiger partial charge in [-0.05, 0) is 30.2 Å². The van der Waals surface area contributed by atoms with Gasteiger partial charge in [-0.2, -0.15) is 5.10 Å². The van der Waals surface area contributed by atoms with Gasteiger partial charge in [0.15, 0.2) is 5.69 Å². The van der Waals surface area contributed by atoms with Crippen molar-refractivity contribution in [3.8, 4) is 11.3 Å². The number of benzene rings is 1. The van der Waals surface area contributed by atoms with Crippen LogP contribution in [0.2, 0.25) is 0 Å². The molecule has 0 aliphatic carbocycles. The van der Waals surface area contributed by atoms with E-state index < -0.39 is 0 Å². The first kappa shape index (κ1) is 16.7. The summed E-state index contributed by atoms with van der Waals surface area (Å²) in [4.78, 5) is 16.8. The Morgan fingerprint density at radius 3 is 2.25 bits per heavy atom. The summed E-state index contributed by atoms with van der Waals surface area (Å²) in [5, 5.41) is 4.45. The maximum Gasteiger partial charge on any atom is 0.274 e. The number of aromatic nitrogens is 2. The van der Waals surface area contributed by atoms with E-state index >= 15 is 0 Å². The Labute approximate surface area is 143 Å². The van der Waals surface area contributed by atoms with E-state index in [2.05, 4.69) is 55.2 Å². The molecule has 0 bridgehead atoms. The van der Waals surface area contributed by atoms with Crippen LogP contribution in [0, 0.1) is 0 Å². The molecule has 0 saturated carbocycles. The first-order valence-electron chi connectivity index (χ1n) is 8.58. The lowest BCUT2D eigenvalue weighted by Gasteiger charge is -2.31. The molecule has 24 heavy (non-hydrogen) atoms. The molecule has 0 spiro atoms. The van der Waals surface area contributed by atoms with Crippen LogP contribution in [-0.2, 0) is 7.05 Å². The van der Waals surface area contributed by atoms with Crippen LogP contribution in [0.25, 0.3) is 11.3 Å². The van der Waals surface area contributed by atoms with Gasteiger partial charge in [0.2, 0.25) is 0 Å². The van der Waals surface area contributed by atoms with E-state index in [9.17, 15) is 4.79 Å². The Balaban J connectivity index is 1.81. The SMILES string of the molecule is CC(C)c1ccc(-c2cc(C(=O)N3CCN(C)CC3)nn2C)cc1. The number of piperazine rings is 1. The van der Waals surface area contributed by atoms with Crippen LogP contribution in [-0.4, -0.2) is 58.7 Å². The maximum atomic E-state index is 12.7. The van der Waals surface area contributed by atoms with Gasteiger partial charge < -0.3 is 9.80 Å². The average Bonchev–Trinajstić information content (AvgIpc) is 2.97. The average molecular weight is 326 g/mol. The van der Waals surface area contributed by atoms with Gasteiger partial charge in [0, 0.05) is 33.2 Å². The van der Waals surface area contributed by atoms with Crippen molar-refractivity contribution in [2.24, 2.45) is 7.05 Å². The lowest BCUT2D eigenvalue weighted by atomic mass is 10.0. The van der Waals surface area contributed by atoms with Gasteiger partial charge in [-0.25, -0.2) is 0 Å². The fourth-order valence-corrected chi connectivity index (χ4v) is 3.05. The first-order chi connectivity index (χ1) is 11.5. The molecule has 0 unspecified atom stereocenters. The fourth-order valence-electron chi connectivity index (χ4n) is 3.05. The molecular formula is C19H26N4O. The summed E-state index contributed by atoms with van der Waals surface area (Å²) in [6.45, 7) is 7.75. The van der Waals surface area contributed by atoms with Gasteiger partial charge >= 0.3 is 0 Å². The lowest BCUT2D eigenvalue weighted by Crippen LogP contribution is -2.47. The molecule has 5 nitrogen and oxygen atoms in total. The number of nitrogens with zero attached hydrogens (tertiary/aromatic N) is 4. The van der Waals surface area contributed by atoms with E-state index in [1.807, 2.05) is 18.0 Å². The minimum atomic E-state index is 0.0313. The van der Waals surface area contributed by atoms with Gasteiger partial charge in [0.05, 0.1) is 5.69 Å². The fraction of sp³-hybridized carbons (Fsp3) is 0.474. The Kier molecular flexibility index (Phi) is 4.71. The molecule has 1 aliphatic rings. The number of hydrogen-bond acceptors (Lipinski definition) is 3. The highest BCUT2D eigenvalue weighted by Gasteiger charge is 2.23. The lowest BCUT2D eigenvalue weighted by molar-refractivity contribution is 0.0657. The molecule has 1 amide bonds. The summed E-state index contributed by atoms with van der Waals surface area (Å²) < 4.78 is 1.80. The monoisotopic (exact) mass is 326 g/mol. The van der Waals surface area contributed by atoms with Crippen LogP contribution in [0.4, 0.5) is 0 Å². The molecule has 0 atom stereocenters. The summed E-state index contributed by atoms with van der Waals surface area (Å²) in [5.41, 5.74) is 3.91. The zero-order valence-corrected chi connectivity index (χ0v) is 15.0. The van der Waals surface area contributed by atoms with Crippen LogP contribution in [0.1, 0.15) is 35.8 Å². The molecule has 3 rings (SSSR count). The number of carbonyl (C=O) groups is 1. The Morgan fingerprint density at radius 2 is 1.67 bits per heavy atom. The van der Waals surface area contributed by atoms with Crippen LogP contribution >= 0.6 is 0 Å². The summed E-state index contributed by atoms with van der Waals surface area (Å²) in [7, 11) is 3.98. The number of carbonyl (C=O) groups excluding carboxylic acids is 1. The Bertz CT molecular complexity index is 709. The maximum absolute atomic E-state index is 12.7. The van der Waals surface area contributed by atoms with E-state index in [1.165, 1.54) is 5.56 Å². The summed E-state index contributed by atoms with van der Waals surface area (Å²) >= 11 is 0. The van der Waals surface area contributed by atoms with Crippen LogP contribution in [0.3, 0.4) is 0 Å². The smallest absolute Gasteiger partial charge is 0.274 e. The predicted octanol–water partition coefficient (Wildman–Crippen LogP) is 2.60. The minimum absolute atomic E-state index is 0.0313. The molecule has 0 radical (unpaired) electrons. The third-order valence-electron chi connectivity index (χ3n) is 4.76. The molecule has 2 heterocycles. The van der Waals surface area contributed by atoms with E-state index in [0.717, 1.165) is 37.4 Å². The summed E-state index contributed by atoms with van der Waals surface area (Å²) in [5.74, 6) is 0.545. The van der Waals surface area contributed by atoms with Crippen molar-refractivity contribution in [2.45, 2.75) is 19.8 Å². The van der Waals surface area contributed by atoms with Crippen molar-refractivity contribution in [1.82, 2.24) is 19.6 Å². The van der Waals surface area contributed by atoms with Gasteiger partial charge in [-0.3, -0.25) is 9.48 Å². The second kappa shape index (κ2) is 6.77. The molecule has 1 aromatic carbocycles. The predicted molar refractivity (Wildman–Crippen MR) is 96.1 cm³/mol. The van der Waals surface area contributed by atoms with E-state index in [-0.39, 0.29) is 5.91 Å². The molecular weight excluding hydrogens is 300 g/mol. The molecule has 5 heteroatoms. The van der Waals surface area contributed by atoms with E-state index in [4.69, 9.17) is 0 Å². The van der Waals surface area contributed by atoms with Crippen LogP contribution in [0.15, 0.2) is 30.3 Å². The third kappa shape index (κ3) is 3.36. The van der Waals surface area contributed by atoms with E-state index in [0.29, 0.717) is 11.6 Å². The summed E-state index contributed by atoms with van der Waals surface area (Å²) in [6, 6.07) is 10.4. The highest BCUT2D eigenvalue weighted by molar-refractivity contribution is 5.93. The molecule has 1 aliphatic heterocycles. The molecule has 1 aromatic heterocycles. The molecule has 0 N–H and O–H groups in total. The van der Waals surface area contributed by atoms with Crippen LogP contribution < -0.4 is 0 Å². The summed E-state index contributed by atoms with van der Waals surface area (Å²) in [6.07, 6.45) is 0. The van der Waals surface area contributed by atoms with Gasteiger partial charge in [-0.15, -0.1) is 0 Å². The zero-order valence-electron chi connectivity index (χ0n) is 15.0. The Morgan fingerprint density at radius 1 is 1.04 bits per heavy atom. The molecule has 2 aromatic rings. The number of likely N-dealkylation sites (N-methyl/N-ethyl adjacent to an activating group) is 1. The molecule has 1 fully saturated rings. The molecule has 128 valence electrons. The number of aryl methyl sites for hydroxylation is 1. The van der Waals surface area contributed by atoms with E-state index in [1.54, 1.807) is 4.68 Å².